The van der Waals surface area contributed by atoms with Crippen LogP contribution in [-0.2, 0) is 4.74 Å². The lowest BCUT2D eigenvalue weighted by molar-refractivity contribution is -0.0493. The van der Waals surface area contributed by atoms with E-state index < -0.39 is 12.7 Å². The number of halogens is 2. The van der Waals surface area contributed by atoms with Crippen LogP contribution >= 0.6 is 0 Å². The van der Waals surface area contributed by atoms with Crippen LogP contribution in [0.5, 0.6) is 5.75 Å². The van der Waals surface area contributed by atoms with Gasteiger partial charge in [0, 0.05) is 0 Å². The molecule has 1 N–H and O–H groups in total. The molecule has 0 unspecified atom stereocenters. The summed E-state index contributed by atoms with van der Waals surface area (Å²) in [5.41, 5.74) is 0.129. The van der Waals surface area contributed by atoms with Crippen LogP contribution in [0, 0.1) is 0 Å². The van der Waals surface area contributed by atoms with Gasteiger partial charge in [0.05, 0.1) is 12.8 Å². The molecule has 6 heteroatoms. The van der Waals surface area contributed by atoms with Gasteiger partial charge in [-0.2, -0.15) is 8.78 Å². The zero-order chi connectivity index (χ0) is 11.3. The SMILES string of the molecule is COC(=O)Nc1ccccc1OC(F)F. The quantitative estimate of drug-likeness (QED) is 0.845. The van der Waals surface area contributed by atoms with E-state index in [4.69, 9.17) is 0 Å². The van der Waals surface area contributed by atoms with Gasteiger partial charge < -0.3 is 9.47 Å². The topological polar surface area (TPSA) is 47.6 Å². The highest BCUT2D eigenvalue weighted by Crippen LogP contribution is 2.25. The summed E-state index contributed by atoms with van der Waals surface area (Å²) >= 11 is 0. The van der Waals surface area contributed by atoms with Gasteiger partial charge in [0.25, 0.3) is 0 Å². The Hall–Kier alpha value is -1.85. The second kappa shape index (κ2) is 5.14. The first-order chi connectivity index (χ1) is 7.13. The van der Waals surface area contributed by atoms with Crippen LogP contribution in [-0.4, -0.2) is 19.8 Å². The van der Waals surface area contributed by atoms with Gasteiger partial charge in [-0.25, -0.2) is 4.79 Å². The van der Waals surface area contributed by atoms with Crippen molar-refractivity contribution in [1.29, 1.82) is 0 Å². The minimum Gasteiger partial charge on any atom is -0.453 e. The van der Waals surface area contributed by atoms with Crippen LogP contribution in [0.15, 0.2) is 24.3 Å². The molecule has 1 aromatic carbocycles. The summed E-state index contributed by atoms with van der Waals surface area (Å²) < 4.78 is 32.4. The van der Waals surface area contributed by atoms with Crippen molar-refractivity contribution >= 4 is 11.8 Å². The monoisotopic (exact) mass is 217 g/mol. The normalized spacial score (nSPS) is 9.87. The van der Waals surface area contributed by atoms with E-state index in [1.54, 1.807) is 6.07 Å². The molecule has 0 atom stereocenters. The van der Waals surface area contributed by atoms with E-state index in [1.807, 2.05) is 0 Å². The van der Waals surface area contributed by atoms with E-state index in [9.17, 15) is 13.6 Å². The lowest BCUT2D eigenvalue weighted by atomic mass is 10.3. The maximum absolute atomic E-state index is 12.0. The van der Waals surface area contributed by atoms with Crippen molar-refractivity contribution in [3.8, 4) is 5.75 Å². The van der Waals surface area contributed by atoms with Gasteiger partial charge in [0.2, 0.25) is 0 Å². The third-order valence-corrected chi connectivity index (χ3v) is 1.53. The molecule has 1 rings (SSSR count). The minimum atomic E-state index is -2.94. The van der Waals surface area contributed by atoms with Crippen LogP contribution in [0.1, 0.15) is 0 Å². The molecule has 0 heterocycles. The largest absolute Gasteiger partial charge is 0.453 e. The van der Waals surface area contributed by atoms with Crippen LogP contribution in [0.25, 0.3) is 0 Å². The molecule has 82 valence electrons. The van der Waals surface area contributed by atoms with E-state index in [1.165, 1.54) is 25.3 Å². The number of rotatable bonds is 3. The van der Waals surface area contributed by atoms with E-state index in [-0.39, 0.29) is 11.4 Å². The molecule has 0 aliphatic heterocycles. The molecule has 0 aliphatic carbocycles. The Bertz CT molecular complexity index is 344. The molecular formula is C9H9F2NO3. The highest BCUT2D eigenvalue weighted by atomic mass is 19.3. The number of hydrogen-bond acceptors (Lipinski definition) is 3. The van der Waals surface area contributed by atoms with E-state index >= 15 is 0 Å². The van der Waals surface area contributed by atoms with Crippen molar-refractivity contribution in [3.63, 3.8) is 0 Å². The summed E-state index contributed by atoms with van der Waals surface area (Å²) in [7, 11) is 1.17. The molecule has 1 aromatic rings. The van der Waals surface area contributed by atoms with Gasteiger partial charge in [-0.05, 0) is 12.1 Å². The number of anilines is 1. The predicted octanol–water partition coefficient (Wildman–Crippen LogP) is 2.47. The number of nitrogens with one attached hydrogen (secondary N) is 1. The molecule has 1 amide bonds. The van der Waals surface area contributed by atoms with Crippen molar-refractivity contribution in [2.24, 2.45) is 0 Å². The van der Waals surface area contributed by atoms with Crippen molar-refractivity contribution in [2.45, 2.75) is 6.61 Å². The molecule has 0 saturated heterocycles. The Morgan fingerprint density at radius 1 is 1.40 bits per heavy atom. The van der Waals surface area contributed by atoms with Gasteiger partial charge in [-0.15, -0.1) is 0 Å². The Morgan fingerprint density at radius 2 is 2.07 bits per heavy atom. The highest BCUT2D eigenvalue weighted by molar-refractivity contribution is 5.86. The zero-order valence-corrected chi connectivity index (χ0v) is 7.87. The third-order valence-electron chi connectivity index (χ3n) is 1.53. The van der Waals surface area contributed by atoms with E-state index in [0.29, 0.717) is 0 Å². The minimum absolute atomic E-state index is 0.113. The lowest BCUT2D eigenvalue weighted by Crippen LogP contribution is -2.13. The fourth-order valence-electron chi connectivity index (χ4n) is 0.930. The zero-order valence-electron chi connectivity index (χ0n) is 7.87. The Morgan fingerprint density at radius 3 is 2.67 bits per heavy atom. The molecule has 0 bridgehead atoms. The fourth-order valence-corrected chi connectivity index (χ4v) is 0.930. The van der Waals surface area contributed by atoms with Crippen molar-refractivity contribution in [2.75, 3.05) is 12.4 Å². The maximum atomic E-state index is 12.0. The molecule has 0 spiro atoms. The van der Waals surface area contributed by atoms with E-state index in [0.717, 1.165) is 0 Å². The Kier molecular flexibility index (Phi) is 3.84. The smallest absolute Gasteiger partial charge is 0.411 e. The molecule has 0 fully saturated rings. The summed E-state index contributed by atoms with van der Waals surface area (Å²) in [6.07, 6.45) is -0.750. The van der Waals surface area contributed by atoms with Gasteiger partial charge in [-0.3, -0.25) is 5.32 Å². The van der Waals surface area contributed by atoms with Crippen molar-refractivity contribution in [1.82, 2.24) is 0 Å². The van der Waals surface area contributed by atoms with Crippen LogP contribution in [0.3, 0.4) is 0 Å². The number of carbonyl (C=O) groups excluding carboxylic acids is 1. The first-order valence-electron chi connectivity index (χ1n) is 4.02. The summed E-state index contributed by atoms with van der Waals surface area (Å²) in [5, 5.41) is 2.25. The number of methoxy groups -OCH3 is 1. The standard InChI is InChI=1S/C9H9F2NO3/c1-14-9(13)12-6-4-2-3-5-7(6)15-8(10)11/h2-5,8H,1H3,(H,12,13). The highest BCUT2D eigenvalue weighted by Gasteiger charge is 2.10. The second-order valence-corrected chi connectivity index (χ2v) is 2.49. The first kappa shape index (κ1) is 11.2. The fraction of sp³-hybridized carbons (Fsp3) is 0.222. The summed E-state index contributed by atoms with van der Waals surface area (Å²) in [5.74, 6) is -0.113. The Balaban J connectivity index is 2.81. The van der Waals surface area contributed by atoms with Gasteiger partial charge in [0.1, 0.15) is 5.75 Å². The number of hydrogen-bond donors (Lipinski definition) is 1. The average Bonchev–Trinajstić information content (AvgIpc) is 2.20. The predicted molar refractivity (Wildman–Crippen MR) is 49.1 cm³/mol. The summed E-state index contributed by atoms with van der Waals surface area (Å²) in [6.45, 7) is -2.94. The second-order valence-electron chi connectivity index (χ2n) is 2.49. The Labute approximate surface area is 84.8 Å². The average molecular weight is 217 g/mol. The number of amides is 1. The molecule has 4 nitrogen and oxygen atoms in total. The van der Waals surface area contributed by atoms with Crippen molar-refractivity contribution < 1.29 is 23.0 Å². The summed E-state index contributed by atoms with van der Waals surface area (Å²) in [4.78, 5) is 10.8. The summed E-state index contributed by atoms with van der Waals surface area (Å²) in [6, 6.07) is 5.83. The number of para-hydroxylation sites is 2. The number of ether oxygens (including phenoxy) is 2. The molecule has 15 heavy (non-hydrogen) atoms. The van der Waals surface area contributed by atoms with Gasteiger partial charge in [0.15, 0.2) is 0 Å². The molecular weight excluding hydrogens is 208 g/mol. The van der Waals surface area contributed by atoms with Crippen LogP contribution < -0.4 is 10.1 Å². The molecule has 0 aliphatic rings. The van der Waals surface area contributed by atoms with Gasteiger partial charge in [-0.1, -0.05) is 12.1 Å². The molecule has 0 saturated carbocycles. The number of benzene rings is 1. The maximum Gasteiger partial charge on any atom is 0.411 e. The third kappa shape index (κ3) is 3.41. The molecule has 0 radical (unpaired) electrons. The van der Waals surface area contributed by atoms with Crippen LogP contribution in [0.2, 0.25) is 0 Å². The lowest BCUT2D eigenvalue weighted by Gasteiger charge is -2.10. The van der Waals surface area contributed by atoms with Gasteiger partial charge >= 0.3 is 12.7 Å². The van der Waals surface area contributed by atoms with E-state index in [2.05, 4.69) is 14.8 Å². The number of carbonyl (C=O) groups is 1. The number of alkyl halides is 2. The van der Waals surface area contributed by atoms with Crippen LogP contribution in [0.4, 0.5) is 19.3 Å². The first-order valence-corrected chi connectivity index (χ1v) is 4.02. The molecule has 0 aromatic heterocycles. The van der Waals surface area contributed by atoms with Crippen molar-refractivity contribution in [3.05, 3.63) is 24.3 Å².